The highest BCUT2D eigenvalue weighted by molar-refractivity contribution is 5.86. The van der Waals surface area contributed by atoms with Crippen molar-refractivity contribution >= 4 is 5.97 Å². The zero-order chi connectivity index (χ0) is 14.4. The van der Waals surface area contributed by atoms with E-state index in [9.17, 15) is 4.79 Å². The van der Waals surface area contributed by atoms with E-state index in [1.165, 1.54) is 6.26 Å². The zero-order valence-electron chi connectivity index (χ0n) is 11.2. The van der Waals surface area contributed by atoms with E-state index in [0.717, 1.165) is 6.42 Å². The first-order chi connectivity index (χ1) is 9.72. The molecule has 2 rings (SSSR count). The van der Waals surface area contributed by atoms with Crippen LogP contribution in [0.5, 0.6) is 11.5 Å². The number of rotatable bonds is 7. The molecule has 1 aromatic heterocycles. The molecule has 5 heteroatoms. The number of carboxylic acid groups (broad SMARTS) is 1. The minimum atomic E-state index is -1.11. The fraction of sp³-hybridized carbons (Fsp3) is 0.267. The minimum Gasteiger partial charge on any atom is -0.490 e. The van der Waals surface area contributed by atoms with Crippen molar-refractivity contribution in [1.29, 1.82) is 0 Å². The van der Waals surface area contributed by atoms with Crippen molar-refractivity contribution in [2.75, 3.05) is 6.61 Å². The molecule has 2 aromatic rings. The van der Waals surface area contributed by atoms with Crippen LogP contribution >= 0.6 is 0 Å². The molecule has 5 nitrogen and oxygen atoms in total. The molecular weight excluding hydrogens is 260 g/mol. The lowest BCUT2D eigenvalue weighted by atomic mass is 10.2. The molecule has 0 radical (unpaired) electrons. The van der Waals surface area contributed by atoms with E-state index in [0.29, 0.717) is 23.7 Å². The maximum Gasteiger partial charge on any atom is 0.372 e. The number of ether oxygens (including phenoxy) is 2. The zero-order valence-corrected chi connectivity index (χ0v) is 11.2. The van der Waals surface area contributed by atoms with Gasteiger partial charge in [-0.2, -0.15) is 0 Å². The summed E-state index contributed by atoms with van der Waals surface area (Å²) >= 11 is 0. The third-order valence-electron chi connectivity index (χ3n) is 2.64. The average molecular weight is 276 g/mol. The van der Waals surface area contributed by atoms with Crippen LogP contribution in [-0.4, -0.2) is 17.7 Å². The van der Waals surface area contributed by atoms with Crippen molar-refractivity contribution in [2.24, 2.45) is 0 Å². The molecular formula is C15H16O5. The first kappa shape index (κ1) is 14.0. The molecule has 0 amide bonds. The van der Waals surface area contributed by atoms with Gasteiger partial charge in [0.15, 0.2) is 11.5 Å². The van der Waals surface area contributed by atoms with E-state index in [-0.39, 0.29) is 12.4 Å². The number of hydrogen-bond donors (Lipinski definition) is 1. The summed E-state index contributed by atoms with van der Waals surface area (Å²) in [5.41, 5.74) is 0.489. The van der Waals surface area contributed by atoms with Gasteiger partial charge in [-0.05, 0) is 24.6 Å². The maximum absolute atomic E-state index is 10.9. The van der Waals surface area contributed by atoms with Crippen LogP contribution in [0.3, 0.4) is 0 Å². The van der Waals surface area contributed by atoms with Crippen molar-refractivity contribution in [2.45, 2.75) is 20.0 Å². The summed E-state index contributed by atoms with van der Waals surface area (Å²) in [6.45, 7) is 2.74. The molecule has 0 aliphatic carbocycles. The van der Waals surface area contributed by atoms with E-state index in [1.807, 2.05) is 25.1 Å². The molecule has 0 bridgehead atoms. The summed E-state index contributed by atoms with van der Waals surface area (Å²) in [6, 6.07) is 8.88. The lowest BCUT2D eigenvalue weighted by Crippen LogP contribution is -2.04. The molecule has 0 aliphatic rings. The van der Waals surface area contributed by atoms with Crippen molar-refractivity contribution in [3.63, 3.8) is 0 Å². The van der Waals surface area contributed by atoms with Gasteiger partial charge in [0.2, 0.25) is 5.76 Å². The van der Waals surface area contributed by atoms with Gasteiger partial charge in [0.25, 0.3) is 0 Å². The third kappa shape index (κ3) is 3.32. The van der Waals surface area contributed by atoms with Gasteiger partial charge in [-0.1, -0.05) is 19.1 Å². The van der Waals surface area contributed by atoms with Crippen LogP contribution in [0.15, 0.2) is 41.0 Å². The Morgan fingerprint density at radius 2 is 1.90 bits per heavy atom. The minimum absolute atomic E-state index is 0.100. The Balaban J connectivity index is 2.07. The molecule has 0 atom stereocenters. The number of benzene rings is 1. The van der Waals surface area contributed by atoms with Crippen LogP contribution < -0.4 is 9.47 Å². The second-order valence-corrected chi connectivity index (χ2v) is 4.16. The molecule has 0 saturated heterocycles. The number of carbonyl (C=O) groups is 1. The molecule has 0 spiro atoms. The Kier molecular flexibility index (Phi) is 4.65. The maximum atomic E-state index is 10.9. The van der Waals surface area contributed by atoms with Gasteiger partial charge in [0.05, 0.1) is 12.9 Å². The molecule has 0 unspecified atom stereocenters. The summed E-state index contributed by atoms with van der Waals surface area (Å²) in [5.74, 6) is 0.0225. The second kappa shape index (κ2) is 6.65. The Morgan fingerprint density at radius 3 is 2.55 bits per heavy atom. The molecule has 20 heavy (non-hydrogen) atoms. The number of carboxylic acids is 1. The van der Waals surface area contributed by atoms with Crippen molar-refractivity contribution in [3.8, 4) is 11.5 Å². The smallest absolute Gasteiger partial charge is 0.372 e. The molecule has 106 valence electrons. The molecule has 0 saturated carbocycles. The topological polar surface area (TPSA) is 68.9 Å². The van der Waals surface area contributed by atoms with Crippen LogP contribution in [-0.2, 0) is 6.61 Å². The fourth-order valence-electron chi connectivity index (χ4n) is 1.69. The predicted molar refractivity (Wildman–Crippen MR) is 72.2 cm³/mol. The Bertz CT molecular complexity index is 573. The van der Waals surface area contributed by atoms with Crippen molar-refractivity contribution in [3.05, 3.63) is 47.9 Å². The molecule has 0 aliphatic heterocycles. The van der Waals surface area contributed by atoms with E-state index >= 15 is 0 Å². The van der Waals surface area contributed by atoms with Crippen LogP contribution in [0.2, 0.25) is 0 Å². The van der Waals surface area contributed by atoms with E-state index in [2.05, 4.69) is 0 Å². The lowest BCUT2D eigenvalue weighted by Gasteiger charge is -2.11. The van der Waals surface area contributed by atoms with E-state index in [1.54, 1.807) is 12.1 Å². The standard InChI is InChI=1S/C15H16O5/c1-2-8-18-12-5-3-4-6-13(12)20-10-11-7-9-19-14(11)15(16)17/h3-7,9H,2,8,10H2,1H3,(H,16,17). The van der Waals surface area contributed by atoms with Gasteiger partial charge in [0.1, 0.15) is 6.61 Å². The summed E-state index contributed by atoms with van der Waals surface area (Å²) in [6.07, 6.45) is 2.24. The SMILES string of the molecule is CCCOc1ccccc1OCc1ccoc1C(=O)O. The van der Waals surface area contributed by atoms with Crippen molar-refractivity contribution < 1.29 is 23.8 Å². The van der Waals surface area contributed by atoms with Gasteiger partial charge in [-0.25, -0.2) is 4.79 Å². The highest BCUT2D eigenvalue weighted by Crippen LogP contribution is 2.27. The molecule has 1 aromatic carbocycles. The molecule has 1 N–H and O–H groups in total. The largest absolute Gasteiger partial charge is 0.490 e. The summed E-state index contributed by atoms with van der Waals surface area (Å²) < 4.78 is 16.1. The van der Waals surface area contributed by atoms with Gasteiger partial charge in [-0.3, -0.25) is 0 Å². The molecule has 0 fully saturated rings. The Labute approximate surface area is 116 Å². The van der Waals surface area contributed by atoms with Crippen LogP contribution in [0.25, 0.3) is 0 Å². The van der Waals surface area contributed by atoms with Gasteiger partial charge >= 0.3 is 5.97 Å². The van der Waals surface area contributed by atoms with E-state index < -0.39 is 5.97 Å². The summed E-state index contributed by atoms with van der Waals surface area (Å²) in [4.78, 5) is 10.9. The van der Waals surface area contributed by atoms with Gasteiger partial charge in [0, 0.05) is 5.56 Å². The van der Waals surface area contributed by atoms with E-state index in [4.69, 9.17) is 19.0 Å². The summed E-state index contributed by atoms with van der Waals surface area (Å²) in [7, 11) is 0. The van der Waals surface area contributed by atoms with Crippen LogP contribution in [0.1, 0.15) is 29.5 Å². The Hall–Kier alpha value is -2.43. The Morgan fingerprint density at radius 1 is 1.20 bits per heavy atom. The average Bonchev–Trinajstić information content (AvgIpc) is 2.92. The molecule has 1 heterocycles. The number of furan rings is 1. The lowest BCUT2D eigenvalue weighted by molar-refractivity contribution is 0.0658. The number of aromatic carboxylic acids is 1. The fourth-order valence-corrected chi connectivity index (χ4v) is 1.69. The third-order valence-corrected chi connectivity index (χ3v) is 2.64. The quantitative estimate of drug-likeness (QED) is 0.839. The van der Waals surface area contributed by atoms with Crippen molar-refractivity contribution in [1.82, 2.24) is 0 Å². The first-order valence-electron chi connectivity index (χ1n) is 6.36. The first-order valence-corrected chi connectivity index (χ1v) is 6.36. The van der Waals surface area contributed by atoms with Crippen LogP contribution in [0, 0.1) is 0 Å². The number of hydrogen-bond acceptors (Lipinski definition) is 4. The van der Waals surface area contributed by atoms with Gasteiger partial charge < -0.3 is 19.0 Å². The summed E-state index contributed by atoms with van der Waals surface area (Å²) in [5, 5.41) is 8.95. The monoisotopic (exact) mass is 276 g/mol. The number of para-hydroxylation sites is 2. The highest BCUT2D eigenvalue weighted by atomic mass is 16.5. The normalized spacial score (nSPS) is 10.2. The second-order valence-electron chi connectivity index (χ2n) is 4.16. The van der Waals surface area contributed by atoms with Gasteiger partial charge in [-0.15, -0.1) is 0 Å². The predicted octanol–water partition coefficient (Wildman–Crippen LogP) is 3.35. The van der Waals surface area contributed by atoms with Crippen LogP contribution in [0.4, 0.5) is 0 Å². The highest BCUT2D eigenvalue weighted by Gasteiger charge is 2.15.